The second-order valence-electron chi connectivity index (χ2n) is 1.64. The maximum absolute atomic E-state index is 9.19. The first-order valence-corrected chi connectivity index (χ1v) is 4.41. The maximum Gasteiger partial charge on any atom is 0.261 e. The molecule has 1 aliphatic rings. The molecule has 1 heterocycles. The van der Waals surface area contributed by atoms with E-state index in [4.69, 9.17) is 4.55 Å². The largest absolute Gasteiger partial charge is 0.396 e. The quantitative estimate of drug-likeness (QED) is 0.511. The molecule has 60 valence electrons. The molecule has 0 amide bonds. The third kappa shape index (κ3) is 15.7. The molecule has 1 aliphatic heterocycles. The van der Waals surface area contributed by atoms with Crippen LogP contribution in [-0.4, -0.2) is 32.0 Å². The van der Waals surface area contributed by atoms with Gasteiger partial charge in [0.2, 0.25) is 0 Å². The zero-order valence-corrected chi connectivity index (χ0v) is 6.34. The predicted octanol–water partition coefficient (Wildman–Crippen LogP) is -0.103. The lowest BCUT2D eigenvalue weighted by atomic mass is 10.5. The molecule has 6 heteroatoms. The van der Waals surface area contributed by atoms with E-state index in [0.717, 1.165) is 13.0 Å². The van der Waals surface area contributed by atoms with Gasteiger partial charge in [-0.25, -0.2) is 0 Å². The summed E-state index contributed by atoms with van der Waals surface area (Å²) >= 11 is 0. The Morgan fingerprint density at radius 3 is 2.30 bits per heavy atom. The average Bonchev–Trinajstić information content (AvgIpc) is 2.07. The van der Waals surface area contributed by atoms with E-state index in [-0.39, 0.29) is 0 Å². The minimum atomic E-state index is -3.67. The summed E-state index contributed by atoms with van der Waals surface area (Å²) in [6, 6.07) is 0. The third-order valence-corrected chi connectivity index (χ3v) is 0.487. The molecule has 0 atom stereocenters. The van der Waals surface area contributed by atoms with Crippen molar-refractivity contribution in [3.8, 4) is 0 Å². The Balaban J connectivity index is 0.000000162. The molecular formula is C4H9NO4S. The summed E-state index contributed by atoms with van der Waals surface area (Å²) in [5, 5.41) is 3.46. The number of hydrogen-bond donors (Lipinski definition) is 1. The van der Waals surface area contributed by atoms with E-state index in [2.05, 4.69) is 9.99 Å². The molecule has 5 nitrogen and oxygen atoms in total. The van der Waals surface area contributed by atoms with Gasteiger partial charge in [0.15, 0.2) is 0 Å². The van der Waals surface area contributed by atoms with E-state index in [1.807, 2.05) is 0 Å². The van der Waals surface area contributed by atoms with Gasteiger partial charge in [-0.3, -0.25) is 4.55 Å². The first kappa shape index (κ1) is 9.38. The van der Waals surface area contributed by atoms with Crippen molar-refractivity contribution in [3.05, 3.63) is 0 Å². The first-order valence-electron chi connectivity index (χ1n) is 2.56. The first-order chi connectivity index (χ1) is 4.50. The van der Waals surface area contributed by atoms with E-state index in [1.54, 1.807) is 6.21 Å². The molecule has 0 aromatic carbocycles. The van der Waals surface area contributed by atoms with Crippen LogP contribution in [0.5, 0.6) is 0 Å². The molecule has 0 unspecified atom stereocenters. The highest BCUT2D eigenvalue weighted by Gasteiger charge is 1.86. The van der Waals surface area contributed by atoms with Crippen molar-refractivity contribution in [3.63, 3.8) is 0 Å². The van der Waals surface area contributed by atoms with Crippen LogP contribution in [0.4, 0.5) is 0 Å². The molecule has 1 N–H and O–H groups in total. The van der Waals surface area contributed by atoms with Crippen LogP contribution in [0.15, 0.2) is 5.16 Å². The summed E-state index contributed by atoms with van der Waals surface area (Å²) in [7, 11) is -3.67. The lowest BCUT2D eigenvalue weighted by Gasteiger charge is -1.76. The number of nitrogens with zero attached hydrogens (tertiary/aromatic N) is 1. The minimum absolute atomic E-state index is 0.715. The summed E-state index contributed by atoms with van der Waals surface area (Å²) in [5.74, 6) is 0. The molecule has 0 aliphatic carbocycles. The van der Waals surface area contributed by atoms with Gasteiger partial charge in [0.1, 0.15) is 6.61 Å². The summed E-state index contributed by atoms with van der Waals surface area (Å²) in [4.78, 5) is 4.51. The molecule has 0 aromatic heterocycles. The fourth-order valence-electron chi connectivity index (χ4n) is 0.264. The van der Waals surface area contributed by atoms with Crippen LogP contribution in [0.1, 0.15) is 6.42 Å². The second kappa shape index (κ2) is 4.24. The normalized spacial score (nSPS) is 15.4. The topological polar surface area (TPSA) is 76.0 Å². The third-order valence-electron chi connectivity index (χ3n) is 0.487. The zero-order valence-electron chi connectivity index (χ0n) is 5.52. The second-order valence-corrected chi connectivity index (χ2v) is 3.11. The molecule has 1 rings (SSSR count). The lowest BCUT2D eigenvalue weighted by Crippen LogP contribution is -1.88. The van der Waals surface area contributed by atoms with Gasteiger partial charge >= 0.3 is 0 Å². The van der Waals surface area contributed by atoms with Gasteiger partial charge in [0.05, 0.1) is 6.26 Å². The van der Waals surface area contributed by atoms with Gasteiger partial charge in [0.25, 0.3) is 10.1 Å². The van der Waals surface area contributed by atoms with Gasteiger partial charge in [-0.05, 0) is 0 Å². The SMILES string of the molecule is C1=NOCC1.CS(=O)(=O)O. The van der Waals surface area contributed by atoms with Crippen molar-refractivity contribution in [2.24, 2.45) is 5.16 Å². The fraction of sp³-hybridized carbons (Fsp3) is 0.750. The molecule has 0 aromatic rings. The van der Waals surface area contributed by atoms with Crippen LogP contribution in [0.25, 0.3) is 0 Å². The van der Waals surface area contributed by atoms with Crippen LogP contribution in [0.2, 0.25) is 0 Å². The molecule has 0 saturated carbocycles. The van der Waals surface area contributed by atoms with Crippen LogP contribution in [0.3, 0.4) is 0 Å². The summed E-state index contributed by atoms with van der Waals surface area (Å²) in [5.41, 5.74) is 0. The molecule has 0 spiro atoms. The summed E-state index contributed by atoms with van der Waals surface area (Å²) in [6.45, 7) is 0.778. The van der Waals surface area contributed by atoms with Gasteiger partial charge < -0.3 is 4.84 Å². The van der Waals surface area contributed by atoms with Crippen molar-refractivity contribution in [1.29, 1.82) is 0 Å². The Morgan fingerprint density at radius 1 is 1.70 bits per heavy atom. The van der Waals surface area contributed by atoms with E-state index in [9.17, 15) is 8.42 Å². The fourth-order valence-corrected chi connectivity index (χ4v) is 0.264. The van der Waals surface area contributed by atoms with Gasteiger partial charge in [-0.1, -0.05) is 5.16 Å². The van der Waals surface area contributed by atoms with Crippen LogP contribution >= 0.6 is 0 Å². The number of hydrogen-bond acceptors (Lipinski definition) is 4. The Kier molecular flexibility index (Phi) is 3.97. The lowest BCUT2D eigenvalue weighted by molar-refractivity contribution is 0.174. The van der Waals surface area contributed by atoms with E-state index in [0.29, 0.717) is 6.26 Å². The molecule has 0 saturated heterocycles. The smallest absolute Gasteiger partial charge is 0.261 e. The van der Waals surface area contributed by atoms with Gasteiger partial charge in [-0.15, -0.1) is 0 Å². The number of rotatable bonds is 0. The summed E-state index contributed by atoms with van der Waals surface area (Å²) < 4.78 is 25.9. The van der Waals surface area contributed by atoms with Crippen LogP contribution in [-0.2, 0) is 15.0 Å². The average molecular weight is 167 g/mol. The predicted molar refractivity (Wildman–Crippen MR) is 36.5 cm³/mol. The number of oxime groups is 1. The molecule has 0 radical (unpaired) electrons. The van der Waals surface area contributed by atoms with Crippen molar-refractivity contribution in [1.82, 2.24) is 0 Å². The van der Waals surface area contributed by atoms with Gasteiger partial charge in [0, 0.05) is 12.6 Å². The standard InChI is InChI=1S/C3H5NO.CH4O3S/c1-2-4-5-3-1;1-5(2,3)4/h2H,1,3H2;1H3,(H,2,3,4). The van der Waals surface area contributed by atoms with E-state index < -0.39 is 10.1 Å². The molecule has 0 bridgehead atoms. The van der Waals surface area contributed by atoms with E-state index in [1.165, 1.54) is 0 Å². The van der Waals surface area contributed by atoms with E-state index >= 15 is 0 Å². The maximum atomic E-state index is 9.19. The van der Waals surface area contributed by atoms with Crippen LogP contribution in [0, 0.1) is 0 Å². The molecule has 10 heavy (non-hydrogen) atoms. The Bertz CT molecular complexity index is 181. The van der Waals surface area contributed by atoms with Crippen molar-refractivity contribution in [2.75, 3.05) is 12.9 Å². The van der Waals surface area contributed by atoms with Crippen molar-refractivity contribution < 1.29 is 17.8 Å². The van der Waals surface area contributed by atoms with Crippen molar-refractivity contribution in [2.45, 2.75) is 6.42 Å². The highest BCUT2D eigenvalue weighted by Crippen LogP contribution is 1.86. The zero-order chi connectivity index (χ0) is 8.04. The van der Waals surface area contributed by atoms with Gasteiger partial charge in [-0.2, -0.15) is 8.42 Å². The Hall–Kier alpha value is -0.620. The monoisotopic (exact) mass is 167 g/mol. The Morgan fingerprint density at radius 2 is 2.20 bits per heavy atom. The van der Waals surface area contributed by atoms with Crippen LogP contribution < -0.4 is 0 Å². The minimum Gasteiger partial charge on any atom is -0.396 e. The molecule has 0 fully saturated rings. The van der Waals surface area contributed by atoms with Crippen molar-refractivity contribution >= 4 is 16.3 Å². The molecular weight excluding hydrogens is 158 g/mol. The Labute approximate surface area is 59.4 Å². The highest BCUT2D eigenvalue weighted by molar-refractivity contribution is 7.85. The highest BCUT2D eigenvalue weighted by atomic mass is 32.2. The summed E-state index contributed by atoms with van der Waals surface area (Å²) in [6.07, 6.45) is 3.47.